The van der Waals surface area contributed by atoms with Crippen LogP contribution in [0, 0.1) is 11.8 Å². The van der Waals surface area contributed by atoms with E-state index in [4.69, 9.17) is 9.90 Å². The standard InChI is InChI=1S/C17H24O.C3H6O.CH2O/c1-4-7-9-16-15(12-13-17(16)18)11-10-14(6-3)8-5-2;1-2-3-4;1-2/h5-6,8,10-11,15-16H,2-4,7,9,12-13H2,1H3;2,4H,1,3H2;1H2/b11-10+,14-8+;;/t15-,16+;;/m0../s1. The minimum atomic E-state index is 0.0833. The number of allylic oxidation sites excluding steroid dienone is 6. The third-order valence-electron chi connectivity index (χ3n) is 3.73. The number of hydrogen-bond donors (Lipinski definition) is 1. The highest BCUT2D eigenvalue weighted by Gasteiger charge is 2.31. The molecule has 2 atom stereocenters. The second-order valence-electron chi connectivity index (χ2n) is 5.35. The fraction of sp³-hybridized carbons (Fsp3) is 0.429. The van der Waals surface area contributed by atoms with Crippen molar-refractivity contribution in [2.45, 2.75) is 39.0 Å². The molecule has 0 aromatic rings. The minimum absolute atomic E-state index is 0.0833. The van der Waals surface area contributed by atoms with Crippen LogP contribution in [0.3, 0.4) is 0 Å². The summed E-state index contributed by atoms with van der Waals surface area (Å²) >= 11 is 0. The molecule has 1 aliphatic carbocycles. The van der Waals surface area contributed by atoms with Gasteiger partial charge in [0.25, 0.3) is 0 Å². The third kappa shape index (κ3) is 10.7. The Morgan fingerprint density at radius 2 is 1.92 bits per heavy atom. The molecule has 1 aliphatic rings. The second kappa shape index (κ2) is 17.4. The average Bonchev–Trinajstić information content (AvgIpc) is 2.98. The summed E-state index contributed by atoms with van der Waals surface area (Å²) in [6, 6.07) is 0. The summed E-state index contributed by atoms with van der Waals surface area (Å²) in [6.07, 6.45) is 16.3. The zero-order chi connectivity index (χ0) is 18.8. The number of unbranched alkanes of at least 4 members (excludes halogenated alkanes) is 1. The summed E-state index contributed by atoms with van der Waals surface area (Å²) in [4.78, 5) is 19.8. The van der Waals surface area contributed by atoms with Crippen molar-refractivity contribution in [3.8, 4) is 0 Å². The van der Waals surface area contributed by atoms with Gasteiger partial charge in [-0.15, -0.1) is 6.58 Å². The molecular formula is C21H32O3. The van der Waals surface area contributed by atoms with E-state index in [0.717, 1.165) is 37.7 Å². The van der Waals surface area contributed by atoms with Crippen molar-refractivity contribution in [3.63, 3.8) is 0 Å². The number of carbonyl (C=O) groups excluding carboxylic acids is 2. The summed E-state index contributed by atoms with van der Waals surface area (Å²) in [6.45, 7) is 14.9. The first-order valence-electron chi connectivity index (χ1n) is 8.31. The summed E-state index contributed by atoms with van der Waals surface area (Å²) in [5.41, 5.74) is 1.05. The molecule has 0 saturated heterocycles. The fourth-order valence-corrected chi connectivity index (χ4v) is 2.53. The molecule has 1 rings (SSSR count). The van der Waals surface area contributed by atoms with Crippen LogP contribution >= 0.6 is 0 Å². The van der Waals surface area contributed by atoms with Gasteiger partial charge in [-0.25, -0.2) is 0 Å². The largest absolute Gasteiger partial charge is 0.392 e. The van der Waals surface area contributed by atoms with E-state index in [-0.39, 0.29) is 12.5 Å². The quantitative estimate of drug-likeness (QED) is 0.522. The summed E-state index contributed by atoms with van der Waals surface area (Å²) in [7, 11) is 0. The lowest BCUT2D eigenvalue weighted by molar-refractivity contribution is -0.121. The third-order valence-corrected chi connectivity index (χ3v) is 3.73. The van der Waals surface area contributed by atoms with Crippen molar-refractivity contribution in [1.82, 2.24) is 0 Å². The fourth-order valence-electron chi connectivity index (χ4n) is 2.53. The van der Waals surface area contributed by atoms with Crippen LogP contribution in [0.25, 0.3) is 0 Å². The first-order valence-corrected chi connectivity index (χ1v) is 8.31. The molecule has 0 aromatic carbocycles. The van der Waals surface area contributed by atoms with Gasteiger partial charge >= 0.3 is 0 Å². The topological polar surface area (TPSA) is 54.4 Å². The Kier molecular flexibility index (Phi) is 17.5. The van der Waals surface area contributed by atoms with Crippen LogP contribution in [0.15, 0.2) is 61.8 Å². The Morgan fingerprint density at radius 1 is 1.29 bits per heavy atom. The molecule has 0 aromatic heterocycles. The van der Waals surface area contributed by atoms with Crippen LogP contribution in [0.2, 0.25) is 0 Å². The number of carbonyl (C=O) groups is 2. The van der Waals surface area contributed by atoms with Crippen LogP contribution in [-0.4, -0.2) is 24.3 Å². The average molecular weight is 332 g/mol. The molecule has 0 aliphatic heterocycles. The van der Waals surface area contributed by atoms with Crippen molar-refractivity contribution in [2.75, 3.05) is 6.61 Å². The van der Waals surface area contributed by atoms with Gasteiger partial charge in [0.15, 0.2) is 0 Å². The van der Waals surface area contributed by atoms with E-state index in [1.807, 2.05) is 18.9 Å². The Balaban J connectivity index is 0. The molecule has 0 bridgehead atoms. The van der Waals surface area contributed by atoms with Crippen molar-refractivity contribution in [2.24, 2.45) is 11.8 Å². The van der Waals surface area contributed by atoms with Crippen LogP contribution in [0.4, 0.5) is 0 Å². The van der Waals surface area contributed by atoms with Crippen LogP contribution < -0.4 is 0 Å². The number of aliphatic hydroxyl groups excluding tert-OH is 1. The van der Waals surface area contributed by atoms with Crippen molar-refractivity contribution in [1.29, 1.82) is 0 Å². The maximum absolute atomic E-state index is 11.8. The number of rotatable bonds is 8. The number of ketones is 1. The van der Waals surface area contributed by atoms with E-state index >= 15 is 0 Å². The normalized spacial score (nSPS) is 19.8. The molecule has 0 unspecified atom stereocenters. The van der Waals surface area contributed by atoms with Gasteiger partial charge < -0.3 is 9.90 Å². The highest BCUT2D eigenvalue weighted by atomic mass is 16.2. The molecule has 1 N–H and O–H groups in total. The predicted molar refractivity (Wildman–Crippen MR) is 103 cm³/mol. The Morgan fingerprint density at radius 3 is 2.38 bits per heavy atom. The van der Waals surface area contributed by atoms with Gasteiger partial charge in [-0.3, -0.25) is 4.79 Å². The first kappa shape index (κ1) is 24.3. The number of aliphatic hydroxyl groups is 1. The van der Waals surface area contributed by atoms with Gasteiger partial charge in [-0.05, 0) is 24.3 Å². The smallest absolute Gasteiger partial charge is 0.136 e. The molecule has 24 heavy (non-hydrogen) atoms. The van der Waals surface area contributed by atoms with E-state index < -0.39 is 0 Å². The van der Waals surface area contributed by atoms with Gasteiger partial charge in [0.1, 0.15) is 12.6 Å². The highest BCUT2D eigenvalue weighted by molar-refractivity contribution is 5.83. The van der Waals surface area contributed by atoms with Crippen LogP contribution in [0.5, 0.6) is 0 Å². The molecular weight excluding hydrogens is 300 g/mol. The zero-order valence-corrected chi connectivity index (χ0v) is 15.0. The SMILES string of the molecule is C=C/C=C(C=C)/C=C/[C@H]1CCC(=O)[C@@H]1CCCC.C=CCO.C=O. The van der Waals surface area contributed by atoms with E-state index in [1.54, 1.807) is 6.08 Å². The van der Waals surface area contributed by atoms with Crippen molar-refractivity contribution >= 4 is 12.6 Å². The van der Waals surface area contributed by atoms with E-state index in [2.05, 4.69) is 38.8 Å². The maximum atomic E-state index is 11.8. The summed E-state index contributed by atoms with van der Waals surface area (Å²) < 4.78 is 0. The number of hydrogen-bond acceptors (Lipinski definition) is 3. The molecule has 0 radical (unpaired) electrons. The van der Waals surface area contributed by atoms with Crippen molar-refractivity contribution < 1.29 is 14.7 Å². The number of Topliss-reactive ketones (excluding diaryl/α,β-unsaturated/α-hetero) is 1. The second-order valence-corrected chi connectivity index (χ2v) is 5.35. The first-order chi connectivity index (χ1) is 11.6. The van der Waals surface area contributed by atoms with Crippen molar-refractivity contribution in [3.05, 3.63) is 61.8 Å². The van der Waals surface area contributed by atoms with Crippen LogP contribution in [-0.2, 0) is 9.59 Å². The lowest BCUT2D eigenvalue weighted by atomic mass is 9.90. The van der Waals surface area contributed by atoms with Gasteiger partial charge in [0.2, 0.25) is 0 Å². The van der Waals surface area contributed by atoms with E-state index in [9.17, 15) is 4.79 Å². The van der Waals surface area contributed by atoms with Gasteiger partial charge in [-0.1, -0.05) is 69.4 Å². The minimum Gasteiger partial charge on any atom is -0.392 e. The molecule has 3 nitrogen and oxygen atoms in total. The monoisotopic (exact) mass is 332 g/mol. The lowest BCUT2D eigenvalue weighted by Crippen LogP contribution is -2.13. The molecule has 0 amide bonds. The Bertz CT molecular complexity index is 432. The molecule has 1 fully saturated rings. The molecule has 0 heterocycles. The molecule has 3 heteroatoms. The molecule has 0 spiro atoms. The van der Waals surface area contributed by atoms with E-state index in [0.29, 0.717) is 11.7 Å². The molecule has 1 saturated carbocycles. The van der Waals surface area contributed by atoms with Crippen LogP contribution in [0.1, 0.15) is 39.0 Å². The molecule has 134 valence electrons. The highest BCUT2D eigenvalue weighted by Crippen LogP contribution is 2.33. The van der Waals surface area contributed by atoms with Gasteiger partial charge in [0, 0.05) is 12.3 Å². The predicted octanol–water partition coefficient (Wildman–Crippen LogP) is 4.61. The lowest BCUT2D eigenvalue weighted by Gasteiger charge is -2.14. The van der Waals surface area contributed by atoms with E-state index in [1.165, 1.54) is 6.08 Å². The maximum Gasteiger partial charge on any atom is 0.136 e. The van der Waals surface area contributed by atoms with Gasteiger partial charge in [-0.2, -0.15) is 0 Å². The summed E-state index contributed by atoms with van der Waals surface area (Å²) in [5.74, 6) is 1.11. The Hall–Kier alpha value is -2.00. The summed E-state index contributed by atoms with van der Waals surface area (Å²) in [5, 5.41) is 7.76. The Labute approximate surface area is 147 Å². The zero-order valence-electron chi connectivity index (χ0n) is 15.0. The van der Waals surface area contributed by atoms with Gasteiger partial charge in [0.05, 0.1) is 6.61 Å².